The fraction of sp³-hybridized carbons (Fsp3) is 0.500. The summed E-state index contributed by atoms with van der Waals surface area (Å²) in [5.41, 5.74) is 1.76. The number of ketones is 1. The van der Waals surface area contributed by atoms with Crippen molar-refractivity contribution < 1.29 is 9.53 Å². The van der Waals surface area contributed by atoms with Crippen LogP contribution in [0.4, 0.5) is 0 Å². The predicted octanol–water partition coefficient (Wildman–Crippen LogP) is 2.53. The summed E-state index contributed by atoms with van der Waals surface area (Å²) < 4.78 is 5.18. The SMILES string of the molecule is CCN(CC)CC(=O)c1ccc(OC)c(C)c1. The van der Waals surface area contributed by atoms with Crippen molar-refractivity contribution in [2.75, 3.05) is 26.7 Å². The van der Waals surface area contributed by atoms with Gasteiger partial charge in [0.1, 0.15) is 5.75 Å². The summed E-state index contributed by atoms with van der Waals surface area (Å²) in [6.45, 7) is 8.37. The Morgan fingerprint density at radius 3 is 2.41 bits per heavy atom. The van der Waals surface area contributed by atoms with Crippen molar-refractivity contribution >= 4 is 5.78 Å². The second-order valence-corrected chi connectivity index (χ2v) is 4.07. The summed E-state index contributed by atoms with van der Waals surface area (Å²) in [5.74, 6) is 0.990. The summed E-state index contributed by atoms with van der Waals surface area (Å²) in [4.78, 5) is 14.2. The van der Waals surface area contributed by atoms with Crippen molar-refractivity contribution in [3.8, 4) is 5.75 Å². The van der Waals surface area contributed by atoms with Gasteiger partial charge in [-0.2, -0.15) is 0 Å². The molecule has 94 valence electrons. The van der Waals surface area contributed by atoms with Gasteiger partial charge in [-0.25, -0.2) is 0 Å². The molecule has 0 radical (unpaired) electrons. The van der Waals surface area contributed by atoms with Crippen LogP contribution in [0.25, 0.3) is 0 Å². The van der Waals surface area contributed by atoms with E-state index in [0.717, 1.165) is 30.0 Å². The third-order valence-electron chi connectivity index (χ3n) is 2.98. The van der Waals surface area contributed by atoms with E-state index in [9.17, 15) is 4.79 Å². The average Bonchev–Trinajstić information content (AvgIpc) is 2.35. The van der Waals surface area contributed by atoms with Crippen molar-refractivity contribution in [2.24, 2.45) is 0 Å². The van der Waals surface area contributed by atoms with E-state index in [0.29, 0.717) is 6.54 Å². The summed E-state index contributed by atoms with van der Waals surface area (Å²) in [6, 6.07) is 5.58. The Balaban J connectivity index is 2.79. The van der Waals surface area contributed by atoms with Crippen molar-refractivity contribution in [1.82, 2.24) is 4.90 Å². The first kappa shape index (κ1) is 13.7. The minimum absolute atomic E-state index is 0.166. The Morgan fingerprint density at radius 2 is 1.94 bits per heavy atom. The van der Waals surface area contributed by atoms with Crippen LogP contribution in [-0.4, -0.2) is 37.4 Å². The molecule has 0 spiro atoms. The van der Waals surface area contributed by atoms with Crippen LogP contribution in [-0.2, 0) is 0 Å². The number of rotatable bonds is 6. The molecule has 3 heteroatoms. The zero-order valence-corrected chi connectivity index (χ0v) is 11.1. The Morgan fingerprint density at radius 1 is 1.29 bits per heavy atom. The number of carbonyl (C=O) groups excluding carboxylic acids is 1. The second-order valence-electron chi connectivity index (χ2n) is 4.07. The molecule has 0 aliphatic carbocycles. The lowest BCUT2D eigenvalue weighted by molar-refractivity contribution is 0.0937. The van der Waals surface area contributed by atoms with Crippen LogP contribution in [0.3, 0.4) is 0 Å². The smallest absolute Gasteiger partial charge is 0.176 e. The number of ether oxygens (including phenoxy) is 1. The molecule has 0 saturated heterocycles. The van der Waals surface area contributed by atoms with E-state index < -0.39 is 0 Å². The quantitative estimate of drug-likeness (QED) is 0.710. The molecular formula is C14H21NO2. The Hall–Kier alpha value is -1.35. The molecule has 0 aliphatic rings. The van der Waals surface area contributed by atoms with E-state index >= 15 is 0 Å². The fourth-order valence-corrected chi connectivity index (χ4v) is 1.79. The zero-order chi connectivity index (χ0) is 12.8. The summed E-state index contributed by atoms with van der Waals surface area (Å²) in [5, 5.41) is 0. The van der Waals surface area contributed by atoms with Gasteiger partial charge in [0.05, 0.1) is 13.7 Å². The minimum Gasteiger partial charge on any atom is -0.496 e. The van der Waals surface area contributed by atoms with Crippen LogP contribution >= 0.6 is 0 Å². The molecule has 3 nitrogen and oxygen atoms in total. The number of methoxy groups -OCH3 is 1. The standard InChI is InChI=1S/C14H21NO2/c1-5-15(6-2)10-13(16)12-7-8-14(17-4)11(3)9-12/h7-9H,5-6,10H2,1-4H3. The number of nitrogens with zero attached hydrogens (tertiary/aromatic N) is 1. The lowest BCUT2D eigenvalue weighted by Gasteiger charge is -2.17. The van der Waals surface area contributed by atoms with Gasteiger partial charge in [0.25, 0.3) is 0 Å². The van der Waals surface area contributed by atoms with Crippen LogP contribution < -0.4 is 4.74 Å². The van der Waals surface area contributed by atoms with E-state index in [-0.39, 0.29) is 5.78 Å². The number of carbonyl (C=O) groups is 1. The molecule has 0 aromatic heterocycles. The maximum Gasteiger partial charge on any atom is 0.176 e. The Bertz CT molecular complexity index is 384. The van der Waals surface area contributed by atoms with Crippen LogP contribution in [0.15, 0.2) is 18.2 Å². The molecule has 1 rings (SSSR count). The highest BCUT2D eigenvalue weighted by Gasteiger charge is 2.11. The van der Waals surface area contributed by atoms with E-state index in [2.05, 4.69) is 18.7 Å². The van der Waals surface area contributed by atoms with Gasteiger partial charge in [0.15, 0.2) is 5.78 Å². The molecular weight excluding hydrogens is 214 g/mol. The Labute approximate surface area is 103 Å². The highest BCUT2D eigenvalue weighted by atomic mass is 16.5. The van der Waals surface area contributed by atoms with Crippen molar-refractivity contribution in [3.05, 3.63) is 29.3 Å². The lowest BCUT2D eigenvalue weighted by atomic mass is 10.1. The molecule has 0 amide bonds. The number of benzene rings is 1. The topological polar surface area (TPSA) is 29.5 Å². The van der Waals surface area contributed by atoms with Gasteiger partial charge in [-0.05, 0) is 43.8 Å². The highest BCUT2D eigenvalue weighted by Crippen LogP contribution is 2.18. The number of hydrogen-bond donors (Lipinski definition) is 0. The summed E-state index contributed by atoms with van der Waals surface area (Å²) >= 11 is 0. The molecule has 0 fully saturated rings. The molecule has 17 heavy (non-hydrogen) atoms. The van der Waals surface area contributed by atoms with Crippen molar-refractivity contribution in [1.29, 1.82) is 0 Å². The van der Waals surface area contributed by atoms with E-state index in [1.54, 1.807) is 7.11 Å². The molecule has 0 saturated carbocycles. The van der Waals surface area contributed by atoms with Crippen LogP contribution in [0.2, 0.25) is 0 Å². The van der Waals surface area contributed by atoms with Gasteiger partial charge in [-0.15, -0.1) is 0 Å². The van der Waals surface area contributed by atoms with E-state index in [4.69, 9.17) is 4.74 Å². The third kappa shape index (κ3) is 3.56. The van der Waals surface area contributed by atoms with Gasteiger partial charge in [-0.3, -0.25) is 9.69 Å². The van der Waals surface area contributed by atoms with Crippen LogP contribution in [0, 0.1) is 6.92 Å². The molecule has 1 aromatic rings. The molecule has 0 N–H and O–H groups in total. The zero-order valence-electron chi connectivity index (χ0n) is 11.1. The summed E-state index contributed by atoms with van der Waals surface area (Å²) in [6.07, 6.45) is 0. The largest absolute Gasteiger partial charge is 0.496 e. The van der Waals surface area contributed by atoms with Gasteiger partial charge in [-0.1, -0.05) is 13.8 Å². The summed E-state index contributed by atoms with van der Waals surface area (Å²) in [7, 11) is 1.64. The first-order chi connectivity index (χ1) is 8.12. The number of aryl methyl sites for hydroxylation is 1. The minimum atomic E-state index is 0.166. The maximum atomic E-state index is 12.0. The predicted molar refractivity (Wildman–Crippen MR) is 69.8 cm³/mol. The number of Topliss-reactive ketones (excluding diaryl/α,β-unsaturated/α-hetero) is 1. The first-order valence-electron chi connectivity index (χ1n) is 6.02. The first-order valence-corrected chi connectivity index (χ1v) is 6.02. The highest BCUT2D eigenvalue weighted by molar-refractivity contribution is 5.97. The second kappa shape index (κ2) is 6.40. The maximum absolute atomic E-state index is 12.0. The molecule has 0 bridgehead atoms. The lowest BCUT2D eigenvalue weighted by Crippen LogP contribution is -2.29. The van der Waals surface area contributed by atoms with Gasteiger partial charge < -0.3 is 4.74 Å². The van der Waals surface area contributed by atoms with Gasteiger partial charge in [0, 0.05) is 5.56 Å². The molecule has 0 aliphatic heterocycles. The molecule has 0 atom stereocenters. The Kier molecular flexibility index (Phi) is 5.16. The number of likely N-dealkylation sites (N-methyl/N-ethyl adjacent to an activating group) is 1. The molecule has 0 heterocycles. The van der Waals surface area contributed by atoms with E-state index in [1.807, 2.05) is 25.1 Å². The van der Waals surface area contributed by atoms with Crippen molar-refractivity contribution in [2.45, 2.75) is 20.8 Å². The van der Waals surface area contributed by atoms with Crippen LogP contribution in [0.1, 0.15) is 29.8 Å². The van der Waals surface area contributed by atoms with Crippen molar-refractivity contribution in [3.63, 3.8) is 0 Å². The molecule has 0 unspecified atom stereocenters. The van der Waals surface area contributed by atoms with Gasteiger partial charge >= 0.3 is 0 Å². The average molecular weight is 235 g/mol. The normalized spacial score (nSPS) is 10.6. The van der Waals surface area contributed by atoms with E-state index in [1.165, 1.54) is 0 Å². The fourth-order valence-electron chi connectivity index (χ4n) is 1.79. The molecule has 1 aromatic carbocycles. The monoisotopic (exact) mass is 235 g/mol. The van der Waals surface area contributed by atoms with Gasteiger partial charge in [0.2, 0.25) is 0 Å². The van der Waals surface area contributed by atoms with Crippen LogP contribution in [0.5, 0.6) is 5.75 Å². The number of hydrogen-bond acceptors (Lipinski definition) is 3. The third-order valence-corrected chi connectivity index (χ3v) is 2.98.